The SMILES string of the molecule is CN1CCN(Cc2ccc(NC(=O)c3ccccc3)cc2F)CC1. The summed E-state index contributed by atoms with van der Waals surface area (Å²) in [5.41, 5.74) is 1.69. The number of hydrogen-bond donors (Lipinski definition) is 1. The molecule has 1 saturated heterocycles. The maximum absolute atomic E-state index is 14.3. The van der Waals surface area contributed by atoms with Crippen molar-refractivity contribution < 1.29 is 9.18 Å². The van der Waals surface area contributed by atoms with Crippen molar-refractivity contribution in [3.8, 4) is 0 Å². The summed E-state index contributed by atoms with van der Waals surface area (Å²) >= 11 is 0. The molecule has 1 amide bonds. The van der Waals surface area contributed by atoms with E-state index in [1.807, 2.05) is 6.07 Å². The Balaban J connectivity index is 1.63. The molecule has 0 bridgehead atoms. The van der Waals surface area contributed by atoms with E-state index in [-0.39, 0.29) is 11.7 Å². The normalized spacial score (nSPS) is 16.1. The van der Waals surface area contributed by atoms with Gasteiger partial charge in [-0.1, -0.05) is 24.3 Å². The number of carbonyl (C=O) groups is 1. The molecule has 24 heavy (non-hydrogen) atoms. The van der Waals surface area contributed by atoms with Gasteiger partial charge in [-0.15, -0.1) is 0 Å². The molecule has 1 heterocycles. The van der Waals surface area contributed by atoms with Crippen LogP contribution < -0.4 is 5.32 Å². The van der Waals surface area contributed by atoms with Crippen molar-refractivity contribution in [2.24, 2.45) is 0 Å². The minimum absolute atomic E-state index is 0.234. The molecule has 0 aliphatic carbocycles. The zero-order valence-electron chi connectivity index (χ0n) is 13.8. The van der Waals surface area contributed by atoms with Crippen molar-refractivity contribution in [1.29, 1.82) is 0 Å². The monoisotopic (exact) mass is 327 g/mol. The van der Waals surface area contributed by atoms with Crippen molar-refractivity contribution >= 4 is 11.6 Å². The Morgan fingerprint density at radius 3 is 2.46 bits per heavy atom. The molecule has 5 heteroatoms. The van der Waals surface area contributed by atoms with Crippen molar-refractivity contribution in [1.82, 2.24) is 9.80 Å². The maximum atomic E-state index is 14.3. The lowest BCUT2D eigenvalue weighted by Crippen LogP contribution is -2.44. The topological polar surface area (TPSA) is 35.6 Å². The van der Waals surface area contributed by atoms with E-state index >= 15 is 0 Å². The highest BCUT2D eigenvalue weighted by atomic mass is 19.1. The summed E-state index contributed by atoms with van der Waals surface area (Å²) in [6.07, 6.45) is 0. The zero-order valence-corrected chi connectivity index (χ0v) is 13.8. The molecule has 0 unspecified atom stereocenters. The fraction of sp³-hybridized carbons (Fsp3) is 0.316. The highest BCUT2D eigenvalue weighted by Gasteiger charge is 2.16. The first kappa shape index (κ1) is 16.6. The highest BCUT2D eigenvalue weighted by Crippen LogP contribution is 2.18. The van der Waals surface area contributed by atoms with Gasteiger partial charge in [0.1, 0.15) is 5.82 Å². The van der Waals surface area contributed by atoms with Gasteiger partial charge < -0.3 is 10.2 Å². The lowest BCUT2D eigenvalue weighted by Gasteiger charge is -2.32. The number of hydrogen-bond acceptors (Lipinski definition) is 3. The number of nitrogens with one attached hydrogen (secondary N) is 1. The minimum Gasteiger partial charge on any atom is -0.322 e. The van der Waals surface area contributed by atoms with E-state index in [1.54, 1.807) is 36.4 Å². The summed E-state index contributed by atoms with van der Waals surface area (Å²) in [6.45, 7) is 4.51. The number of anilines is 1. The molecule has 0 aromatic heterocycles. The fourth-order valence-electron chi connectivity index (χ4n) is 2.79. The number of carbonyl (C=O) groups excluding carboxylic acids is 1. The van der Waals surface area contributed by atoms with Gasteiger partial charge >= 0.3 is 0 Å². The largest absolute Gasteiger partial charge is 0.322 e. The number of piperazine rings is 1. The zero-order chi connectivity index (χ0) is 16.9. The number of nitrogens with zero attached hydrogens (tertiary/aromatic N) is 2. The van der Waals surface area contributed by atoms with Gasteiger partial charge in [0.25, 0.3) is 5.91 Å². The summed E-state index contributed by atoms with van der Waals surface area (Å²) in [4.78, 5) is 16.6. The van der Waals surface area contributed by atoms with Crippen LogP contribution in [0.5, 0.6) is 0 Å². The number of benzene rings is 2. The van der Waals surface area contributed by atoms with Gasteiger partial charge in [0, 0.05) is 49.5 Å². The Morgan fingerprint density at radius 2 is 1.79 bits per heavy atom. The Morgan fingerprint density at radius 1 is 1.08 bits per heavy atom. The van der Waals surface area contributed by atoms with E-state index in [2.05, 4.69) is 22.2 Å². The van der Waals surface area contributed by atoms with Crippen LogP contribution in [0.25, 0.3) is 0 Å². The van der Waals surface area contributed by atoms with Crippen LogP contribution in [-0.2, 0) is 6.54 Å². The Hall–Kier alpha value is -2.24. The molecular formula is C19H22FN3O. The summed E-state index contributed by atoms with van der Waals surface area (Å²) < 4.78 is 14.3. The summed E-state index contributed by atoms with van der Waals surface area (Å²) in [5.74, 6) is -0.512. The second-order valence-corrected chi connectivity index (χ2v) is 6.21. The molecule has 2 aromatic rings. The molecule has 1 N–H and O–H groups in total. The highest BCUT2D eigenvalue weighted by molar-refractivity contribution is 6.04. The molecule has 0 saturated carbocycles. The van der Waals surface area contributed by atoms with Gasteiger partial charge in [-0.25, -0.2) is 4.39 Å². The van der Waals surface area contributed by atoms with Crippen molar-refractivity contribution in [3.63, 3.8) is 0 Å². The summed E-state index contributed by atoms with van der Waals surface area (Å²) in [6, 6.07) is 13.8. The number of likely N-dealkylation sites (N-methyl/N-ethyl adjacent to an activating group) is 1. The first-order chi connectivity index (χ1) is 11.6. The second kappa shape index (κ2) is 7.55. The Kier molecular flexibility index (Phi) is 5.23. The second-order valence-electron chi connectivity index (χ2n) is 6.21. The Labute approximate surface area is 141 Å². The van der Waals surface area contributed by atoms with Gasteiger partial charge in [0.2, 0.25) is 0 Å². The summed E-state index contributed by atoms with van der Waals surface area (Å²) in [5, 5.41) is 2.74. The van der Waals surface area contributed by atoms with Crippen LogP contribution in [-0.4, -0.2) is 48.9 Å². The third-order valence-electron chi connectivity index (χ3n) is 4.34. The van der Waals surface area contributed by atoms with Crippen LogP contribution in [0.15, 0.2) is 48.5 Å². The van der Waals surface area contributed by atoms with E-state index in [9.17, 15) is 9.18 Å². The van der Waals surface area contributed by atoms with Gasteiger partial charge in [-0.05, 0) is 31.3 Å². The van der Waals surface area contributed by atoms with Crippen LogP contribution in [0.4, 0.5) is 10.1 Å². The van der Waals surface area contributed by atoms with E-state index in [0.717, 1.165) is 26.2 Å². The quantitative estimate of drug-likeness (QED) is 0.938. The minimum atomic E-state index is -0.278. The molecule has 1 aliphatic heterocycles. The molecule has 126 valence electrons. The number of amides is 1. The van der Waals surface area contributed by atoms with E-state index in [0.29, 0.717) is 23.4 Å². The van der Waals surface area contributed by atoms with Crippen LogP contribution >= 0.6 is 0 Å². The predicted molar refractivity (Wildman–Crippen MR) is 93.6 cm³/mol. The predicted octanol–water partition coefficient (Wildman–Crippen LogP) is 2.83. The molecule has 3 rings (SSSR count). The van der Waals surface area contributed by atoms with Gasteiger partial charge in [-0.3, -0.25) is 9.69 Å². The van der Waals surface area contributed by atoms with E-state index < -0.39 is 0 Å². The lowest BCUT2D eigenvalue weighted by atomic mass is 10.1. The average Bonchev–Trinajstić information content (AvgIpc) is 2.60. The molecule has 2 aromatic carbocycles. The first-order valence-corrected chi connectivity index (χ1v) is 8.17. The standard InChI is InChI=1S/C19H22FN3O/c1-22-9-11-23(12-10-22)14-16-7-8-17(13-18(16)20)21-19(24)15-5-3-2-4-6-15/h2-8,13H,9-12,14H2,1H3,(H,21,24). The smallest absolute Gasteiger partial charge is 0.255 e. The average molecular weight is 327 g/mol. The fourth-order valence-corrected chi connectivity index (χ4v) is 2.79. The number of halogens is 1. The Bertz CT molecular complexity index is 697. The van der Waals surface area contributed by atoms with E-state index in [4.69, 9.17) is 0 Å². The molecule has 0 radical (unpaired) electrons. The lowest BCUT2D eigenvalue weighted by molar-refractivity contribution is 0.102. The number of rotatable bonds is 4. The van der Waals surface area contributed by atoms with Crippen LogP contribution in [0.3, 0.4) is 0 Å². The van der Waals surface area contributed by atoms with Crippen molar-refractivity contribution in [3.05, 3.63) is 65.5 Å². The summed E-state index contributed by atoms with van der Waals surface area (Å²) in [7, 11) is 2.10. The third kappa shape index (κ3) is 4.19. The van der Waals surface area contributed by atoms with Crippen LogP contribution in [0.1, 0.15) is 15.9 Å². The molecule has 0 atom stereocenters. The van der Waals surface area contributed by atoms with Crippen LogP contribution in [0, 0.1) is 5.82 Å². The molecule has 4 nitrogen and oxygen atoms in total. The molecule has 1 fully saturated rings. The van der Waals surface area contributed by atoms with Gasteiger partial charge in [0.05, 0.1) is 0 Å². The molecular weight excluding hydrogens is 305 g/mol. The third-order valence-corrected chi connectivity index (χ3v) is 4.34. The van der Waals surface area contributed by atoms with Crippen molar-refractivity contribution in [2.45, 2.75) is 6.54 Å². The van der Waals surface area contributed by atoms with Gasteiger partial charge in [0.15, 0.2) is 0 Å². The van der Waals surface area contributed by atoms with Crippen molar-refractivity contribution in [2.75, 3.05) is 38.5 Å². The van der Waals surface area contributed by atoms with Crippen LogP contribution in [0.2, 0.25) is 0 Å². The van der Waals surface area contributed by atoms with Gasteiger partial charge in [-0.2, -0.15) is 0 Å². The molecule has 0 spiro atoms. The molecule has 1 aliphatic rings. The first-order valence-electron chi connectivity index (χ1n) is 8.17. The van der Waals surface area contributed by atoms with E-state index in [1.165, 1.54) is 6.07 Å². The maximum Gasteiger partial charge on any atom is 0.255 e.